The van der Waals surface area contributed by atoms with E-state index in [0.717, 1.165) is 6.29 Å². The van der Waals surface area contributed by atoms with Crippen LogP contribution < -0.4 is 14.2 Å². The number of fused-ring (bicyclic) bond motifs is 1. The molecule has 0 aliphatic carbocycles. The summed E-state index contributed by atoms with van der Waals surface area (Å²) in [6, 6.07) is 1.25. The molecule has 1 aliphatic heterocycles. The zero-order valence-corrected chi connectivity index (χ0v) is 10.4. The van der Waals surface area contributed by atoms with Crippen molar-refractivity contribution in [1.29, 1.82) is 0 Å². The predicted molar refractivity (Wildman–Crippen MR) is 63.0 cm³/mol. The van der Waals surface area contributed by atoms with E-state index in [2.05, 4.69) is 0 Å². The molecule has 0 aromatic heterocycles. The first kappa shape index (κ1) is 12.7. The molecule has 18 heavy (non-hydrogen) atoms. The molecule has 1 aromatic rings. The molecule has 1 aromatic carbocycles. The van der Waals surface area contributed by atoms with Gasteiger partial charge in [0, 0.05) is 18.1 Å². The zero-order chi connectivity index (χ0) is 13.1. The average molecular weight is 254 g/mol. The summed E-state index contributed by atoms with van der Waals surface area (Å²) in [5.74, 6) is 0.271. The van der Waals surface area contributed by atoms with E-state index in [1.165, 1.54) is 13.2 Å². The molecule has 1 heterocycles. The lowest BCUT2D eigenvalue weighted by atomic mass is 9.95. The number of rotatable bonds is 4. The highest BCUT2D eigenvalue weighted by molar-refractivity contribution is 5.60. The Bertz CT molecular complexity index is 459. The van der Waals surface area contributed by atoms with Gasteiger partial charge in [0.1, 0.15) is 19.5 Å². The van der Waals surface area contributed by atoms with Crippen molar-refractivity contribution < 1.29 is 23.4 Å². The normalized spacial score (nSPS) is 15.1. The van der Waals surface area contributed by atoms with Crippen LogP contribution in [0.2, 0.25) is 0 Å². The highest BCUT2D eigenvalue weighted by Gasteiger charge is 2.27. The van der Waals surface area contributed by atoms with Gasteiger partial charge in [-0.3, -0.25) is 0 Å². The average Bonchev–Trinajstić information content (AvgIpc) is 2.37. The second-order valence-electron chi connectivity index (χ2n) is 4.13. The standard InChI is InChI=1S/C13H15FO4/c1-8(3-4-15)11-12(16-2)9(14)7-10-13(11)18-6-5-17-10/h4,7-8H,3,5-6H2,1-2H3. The van der Waals surface area contributed by atoms with E-state index in [9.17, 15) is 9.18 Å². The smallest absolute Gasteiger partial charge is 0.169 e. The van der Waals surface area contributed by atoms with Crippen LogP contribution in [0, 0.1) is 5.82 Å². The van der Waals surface area contributed by atoms with Crippen LogP contribution >= 0.6 is 0 Å². The van der Waals surface area contributed by atoms with Gasteiger partial charge in [-0.05, 0) is 5.92 Å². The van der Waals surface area contributed by atoms with E-state index in [0.29, 0.717) is 30.3 Å². The highest BCUT2D eigenvalue weighted by Crippen LogP contribution is 2.45. The van der Waals surface area contributed by atoms with Crippen LogP contribution in [-0.4, -0.2) is 26.6 Å². The molecular weight excluding hydrogens is 239 g/mol. The van der Waals surface area contributed by atoms with E-state index in [1.54, 1.807) is 0 Å². The summed E-state index contributed by atoms with van der Waals surface area (Å²) < 4.78 is 29.9. The Labute approximate surface area is 105 Å². The molecule has 0 saturated heterocycles. The first-order valence-corrected chi connectivity index (χ1v) is 5.78. The maximum atomic E-state index is 13.9. The first-order chi connectivity index (χ1) is 8.69. The fraction of sp³-hybridized carbons (Fsp3) is 0.462. The Kier molecular flexibility index (Phi) is 3.69. The minimum atomic E-state index is -0.505. The number of hydrogen-bond acceptors (Lipinski definition) is 4. The summed E-state index contributed by atoms with van der Waals surface area (Å²) in [5.41, 5.74) is 0.555. The molecule has 5 heteroatoms. The van der Waals surface area contributed by atoms with E-state index in [4.69, 9.17) is 14.2 Å². The molecule has 0 bridgehead atoms. The number of carbonyl (C=O) groups excluding carboxylic acids is 1. The van der Waals surface area contributed by atoms with E-state index in [-0.39, 0.29) is 18.1 Å². The summed E-state index contributed by atoms with van der Waals surface area (Å²) in [6.07, 6.45) is 1.07. The van der Waals surface area contributed by atoms with E-state index >= 15 is 0 Å². The summed E-state index contributed by atoms with van der Waals surface area (Å²) in [4.78, 5) is 10.6. The molecule has 0 radical (unpaired) electrons. The quantitative estimate of drug-likeness (QED) is 0.773. The maximum absolute atomic E-state index is 13.9. The van der Waals surface area contributed by atoms with Gasteiger partial charge in [0.05, 0.1) is 7.11 Å². The fourth-order valence-corrected chi connectivity index (χ4v) is 2.08. The molecule has 0 spiro atoms. The van der Waals surface area contributed by atoms with Crippen LogP contribution in [0.25, 0.3) is 0 Å². The fourth-order valence-electron chi connectivity index (χ4n) is 2.08. The largest absolute Gasteiger partial charge is 0.493 e. The Morgan fingerprint density at radius 1 is 1.50 bits per heavy atom. The molecule has 1 aliphatic rings. The van der Waals surface area contributed by atoms with Crippen molar-refractivity contribution in [3.63, 3.8) is 0 Å². The van der Waals surface area contributed by atoms with Crippen LogP contribution in [-0.2, 0) is 4.79 Å². The molecule has 0 fully saturated rings. The number of methoxy groups -OCH3 is 1. The van der Waals surface area contributed by atoms with Crippen LogP contribution in [0.3, 0.4) is 0 Å². The van der Waals surface area contributed by atoms with Crippen molar-refractivity contribution in [1.82, 2.24) is 0 Å². The van der Waals surface area contributed by atoms with Crippen LogP contribution in [0.1, 0.15) is 24.8 Å². The van der Waals surface area contributed by atoms with Crippen LogP contribution in [0.5, 0.6) is 17.2 Å². The van der Waals surface area contributed by atoms with Crippen molar-refractivity contribution in [3.05, 3.63) is 17.4 Å². The Hall–Kier alpha value is -1.78. The summed E-state index contributed by atoms with van der Waals surface area (Å²) in [7, 11) is 1.39. The van der Waals surface area contributed by atoms with E-state index < -0.39 is 5.82 Å². The van der Waals surface area contributed by atoms with Crippen molar-refractivity contribution >= 4 is 6.29 Å². The number of carbonyl (C=O) groups is 1. The summed E-state index contributed by atoms with van der Waals surface area (Å²) in [5, 5.41) is 0. The molecule has 1 atom stereocenters. The number of ether oxygens (including phenoxy) is 3. The summed E-state index contributed by atoms with van der Waals surface area (Å²) >= 11 is 0. The molecule has 4 nitrogen and oxygen atoms in total. The van der Waals surface area contributed by atoms with Gasteiger partial charge in [0.15, 0.2) is 23.1 Å². The zero-order valence-electron chi connectivity index (χ0n) is 10.4. The van der Waals surface area contributed by atoms with E-state index in [1.807, 2.05) is 6.92 Å². The second kappa shape index (κ2) is 5.25. The van der Waals surface area contributed by atoms with Gasteiger partial charge in [-0.1, -0.05) is 6.92 Å². The van der Waals surface area contributed by atoms with Gasteiger partial charge >= 0.3 is 0 Å². The lowest BCUT2D eigenvalue weighted by Gasteiger charge is -2.25. The third-order valence-corrected chi connectivity index (χ3v) is 2.92. The highest BCUT2D eigenvalue weighted by atomic mass is 19.1. The monoisotopic (exact) mass is 254 g/mol. The van der Waals surface area contributed by atoms with Gasteiger partial charge in [0.2, 0.25) is 0 Å². The molecular formula is C13H15FO4. The SMILES string of the molecule is COc1c(F)cc2c(c1C(C)CC=O)OCCO2. The van der Waals surface area contributed by atoms with Crippen LogP contribution in [0.15, 0.2) is 6.07 Å². The lowest BCUT2D eigenvalue weighted by molar-refractivity contribution is -0.108. The molecule has 0 N–H and O–H groups in total. The van der Waals surface area contributed by atoms with Gasteiger partial charge < -0.3 is 19.0 Å². The lowest BCUT2D eigenvalue weighted by Crippen LogP contribution is -2.18. The molecule has 1 unspecified atom stereocenters. The van der Waals surface area contributed by atoms with Gasteiger partial charge in [0.25, 0.3) is 0 Å². The number of hydrogen-bond donors (Lipinski definition) is 0. The maximum Gasteiger partial charge on any atom is 0.169 e. The topological polar surface area (TPSA) is 44.8 Å². The minimum absolute atomic E-state index is 0.119. The van der Waals surface area contributed by atoms with Crippen LogP contribution in [0.4, 0.5) is 4.39 Å². The Morgan fingerprint density at radius 2 is 2.22 bits per heavy atom. The summed E-state index contributed by atoms with van der Waals surface area (Å²) in [6.45, 7) is 2.62. The van der Waals surface area contributed by atoms with Crippen molar-refractivity contribution in [2.45, 2.75) is 19.3 Å². The minimum Gasteiger partial charge on any atom is -0.493 e. The Morgan fingerprint density at radius 3 is 2.89 bits per heavy atom. The van der Waals surface area contributed by atoms with Gasteiger partial charge in [-0.2, -0.15) is 0 Å². The van der Waals surface area contributed by atoms with Gasteiger partial charge in [-0.25, -0.2) is 4.39 Å². The second-order valence-corrected chi connectivity index (χ2v) is 4.13. The first-order valence-electron chi connectivity index (χ1n) is 5.78. The van der Waals surface area contributed by atoms with Crippen molar-refractivity contribution in [2.75, 3.05) is 20.3 Å². The molecule has 0 saturated carbocycles. The number of halogens is 1. The molecule has 0 amide bonds. The van der Waals surface area contributed by atoms with Gasteiger partial charge in [-0.15, -0.1) is 0 Å². The third-order valence-electron chi connectivity index (χ3n) is 2.92. The molecule has 2 rings (SSSR count). The number of aldehydes is 1. The third kappa shape index (κ3) is 2.12. The van der Waals surface area contributed by atoms with Crippen molar-refractivity contribution in [3.8, 4) is 17.2 Å². The number of benzene rings is 1. The Balaban J connectivity index is 2.57. The van der Waals surface area contributed by atoms with Crippen molar-refractivity contribution in [2.24, 2.45) is 0 Å². The predicted octanol–water partition coefficient (Wildman–Crippen LogP) is 2.30. The molecule has 98 valence electrons.